The van der Waals surface area contributed by atoms with Crippen molar-refractivity contribution in [1.82, 2.24) is 14.6 Å². The Kier molecular flexibility index (Phi) is 4.60. The highest BCUT2D eigenvalue weighted by atomic mass is 32.2. The number of hydrogen-bond donors (Lipinski definition) is 2. The molecule has 2 aromatic heterocycles. The van der Waals surface area contributed by atoms with Crippen LogP contribution in [0.25, 0.3) is 16.9 Å². The summed E-state index contributed by atoms with van der Waals surface area (Å²) in [6.07, 6.45) is 2.07. The quantitative estimate of drug-likeness (QED) is 0.517. The molecular formula is C20H18N4OS. The topological polar surface area (TPSA) is 62.5 Å². The number of nitrogens with one attached hydrogen (secondary N) is 1. The second-order valence-corrected chi connectivity index (χ2v) is 6.71. The highest BCUT2D eigenvalue weighted by molar-refractivity contribution is 7.98. The second kappa shape index (κ2) is 7.19. The minimum Gasteiger partial charge on any atom is -0.392 e. The van der Waals surface area contributed by atoms with E-state index in [0.29, 0.717) is 5.95 Å². The fourth-order valence-electron chi connectivity index (χ4n) is 2.78. The SMILES string of the molecule is CSc1cccc(-c2cccc3nc(Nc4ccc(CO)cc4)nn23)c1. The lowest BCUT2D eigenvalue weighted by Gasteiger charge is -2.05. The van der Waals surface area contributed by atoms with Crippen LogP contribution in [0.1, 0.15) is 5.56 Å². The molecule has 0 fully saturated rings. The zero-order valence-electron chi connectivity index (χ0n) is 14.3. The van der Waals surface area contributed by atoms with Gasteiger partial charge < -0.3 is 10.4 Å². The van der Waals surface area contributed by atoms with Crippen molar-refractivity contribution in [3.63, 3.8) is 0 Å². The van der Waals surface area contributed by atoms with Crippen LogP contribution < -0.4 is 5.32 Å². The molecule has 5 nitrogen and oxygen atoms in total. The van der Waals surface area contributed by atoms with Gasteiger partial charge in [-0.2, -0.15) is 4.98 Å². The molecule has 0 aliphatic heterocycles. The summed E-state index contributed by atoms with van der Waals surface area (Å²) in [6.45, 7) is 0.0331. The maximum absolute atomic E-state index is 9.14. The number of pyridine rings is 1. The van der Waals surface area contributed by atoms with Gasteiger partial charge in [0.05, 0.1) is 12.3 Å². The minimum absolute atomic E-state index is 0.0331. The zero-order chi connectivity index (χ0) is 17.9. The number of fused-ring (bicyclic) bond motifs is 1. The van der Waals surface area contributed by atoms with Gasteiger partial charge in [0.1, 0.15) is 0 Å². The summed E-state index contributed by atoms with van der Waals surface area (Å²) in [5, 5.41) is 17.0. The molecule has 0 saturated carbocycles. The predicted octanol–water partition coefficient (Wildman–Crippen LogP) is 4.35. The Balaban J connectivity index is 1.70. The van der Waals surface area contributed by atoms with Crippen LogP contribution in [-0.2, 0) is 6.61 Å². The van der Waals surface area contributed by atoms with Gasteiger partial charge in [0.2, 0.25) is 5.95 Å². The summed E-state index contributed by atoms with van der Waals surface area (Å²) in [5.41, 5.74) is 4.63. The third kappa shape index (κ3) is 3.29. The van der Waals surface area contributed by atoms with Crippen LogP contribution in [0.15, 0.2) is 71.6 Å². The van der Waals surface area contributed by atoms with Gasteiger partial charge in [-0.1, -0.05) is 30.3 Å². The number of hydrogen-bond acceptors (Lipinski definition) is 5. The smallest absolute Gasteiger partial charge is 0.247 e. The maximum Gasteiger partial charge on any atom is 0.247 e. The standard InChI is InChI=1S/C20H18N4OS/c1-26-17-5-2-4-15(12-17)18-6-3-7-19-22-20(23-24(18)19)21-16-10-8-14(13-25)9-11-16/h2-12,25H,13H2,1H3,(H,21,23). The van der Waals surface area contributed by atoms with Gasteiger partial charge in [-0.15, -0.1) is 16.9 Å². The summed E-state index contributed by atoms with van der Waals surface area (Å²) >= 11 is 1.72. The van der Waals surface area contributed by atoms with Crippen LogP contribution in [0.2, 0.25) is 0 Å². The van der Waals surface area contributed by atoms with Crippen molar-refractivity contribution in [1.29, 1.82) is 0 Å². The molecule has 26 heavy (non-hydrogen) atoms. The van der Waals surface area contributed by atoms with E-state index < -0.39 is 0 Å². The molecule has 0 bridgehead atoms. The fourth-order valence-corrected chi connectivity index (χ4v) is 3.24. The third-order valence-electron chi connectivity index (χ3n) is 4.12. The molecule has 6 heteroatoms. The predicted molar refractivity (Wildman–Crippen MR) is 106 cm³/mol. The Morgan fingerprint density at radius 2 is 1.85 bits per heavy atom. The van der Waals surface area contributed by atoms with Gasteiger partial charge in [0, 0.05) is 16.1 Å². The van der Waals surface area contributed by atoms with Crippen molar-refractivity contribution in [2.75, 3.05) is 11.6 Å². The van der Waals surface area contributed by atoms with E-state index in [4.69, 9.17) is 5.11 Å². The molecule has 4 aromatic rings. The van der Waals surface area contributed by atoms with Crippen molar-refractivity contribution < 1.29 is 5.11 Å². The van der Waals surface area contributed by atoms with E-state index in [1.54, 1.807) is 11.8 Å². The lowest BCUT2D eigenvalue weighted by molar-refractivity contribution is 0.282. The van der Waals surface area contributed by atoms with Crippen molar-refractivity contribution >= 4 is 29.0 Å². The molecule has 2 aromatic carbocycles. The number of benzene rings is 2. The lowest BCUT2D eigenvalue weighted by atomic mass is 10.1. The number of anilines is 2. The van der Waals surface area contributed by atoms with Crippen molar-refractivity contribution in [3.05, 3.63) is 72.3 Å². The first-order chi connectivity index (χ1) is 12.8. The normalized spacial score (nSPS) is 11.0. The van der Waals surface area contributed by atoms with Crippen LogP contribution in [0.4, 0.5) is 11.6 Å². The van der Waals surface area contributed by atoms with Gasteiger partial charge >= 0.3 is 0 Å². The Morgan fingerprint density at radius 3 is 2.62 bits per heavy atom. The molecule has 0 radical (unpaired) electrons. The molecule has 2 heterocycles. The zero-order valence-corrected chi connectivity index (χ0v) is 15.1. The van der Waals surface area contributed by atoms with E-state index in [-0.39, 0.29) is 6.61 Å². The second-order valence-electron chi connectivity index (χ2n) is 5.83. The average molecular weight is 362 g/mol. The Bertz CT molecular complexity index is 1040. The Morgan fingerprint density at radius 1 is 1.04 bits per heavy atom. The number of thioether (sulfide) groups is 1. The molecule has 0 atom stereocenters. The molecule has 0 spiro atoms. The molecular weight excluding hydrogens is 344 g/mol. The number of rotatable bonds is 5. The fraction of sp³-hybridized carbons (Fsp3) is 0.100. The van der Waals surface area contributed by atoms with E-state index in [2.05, 4.69) is 45.9 Å². The summed E-state index contributed by atoms with van der Waals surface area (Å²) in [7, 11) is 0. The van der Waals surface area contributed by atoms with Crippen molar-refractivity contribution in [2.45, 2.75) is 11.5 Å². The first-order valence-corrected chi connectivity index (χ1v) is 9.46. The van der Waals surface area contributed by atoms with Gasteiger partial charge in [-0.3, -0.25) is 0 Å². The average Bonchev–Trinajstić information content (AvgIpc) is 3.11. The number of aromatic nitrogens is 3. The molecule has 0 saturated heterocycles. The third-order valence-corrected chi connectivity index (χ3v) is 4.84. The number of aliphatic hydroxyl groups excluding tert-OH is 1. The Labute approximate surface area is 155 Å². The highest BCUT2D eigenvalue weighted by Crippen LogP contribution is 2.25. The molecule has 0 aliphatic carbocycles. The van der Waals surface area contributed by atoms with E-state index in [1.807, 2.05) is 47.0 Å². The van der Waals surface area contributed by atoms with Crippen LogP contribution in [0, 0.1) is 0 Å². The summed E-state index contributed by atoms with van der Waals surface area (Å²) in [5.74, 6) is 0.537. The highest BCUT2D eigenvalue weighted by Gasteiger charge is 2.09. The van der Waals surface area contributed by atoms with Gasteiger partial charge in [-0.05, 0) is 48.2 Å². The maximum atomic E-state index is 9.14. The van der Waals surface area contributed by atoms with E-state index >= 15 is 0 Å². The van der Waals surface area contributed by atoms with Gasteiger partial charge in [0.15, 0.2) is 5.65 Å². The van der Waals surface area contributed by atoms with Crippen LogP contribution >= 0.6 is 11.8 Å². The largest absolute Gasteiger partial charge is 0.392 e. The molecule has 130 valence electrons. The van der Waals surface area contributed by atoms with Gasteiger partial charge in [-0.25, -0.2) is 4.52 Å². The first-order valence-electron chi connectivity index (χ1n) is 8.24. The molecule has 0 unspecified atom stereocenters. The molecule has 0 amide bonds. The first kappa shape index (κ1) is 16.6. The Hall–Kier alpha value is -2.83. The summed E-state index contributed by atoms with van der Waals surface area (Å²) in [4.78, 5) is 5.78. The van der Waals surface area contributed by atoms with Crippen LogP contribution in [-0.4, -0.2) is 26.0 Å². The molecule has 4 rings (SSSR count). The van der Waals surface area contributed by atoms with Crippen LogP contribution in [0.5, 0.6) is 0 Å². The lowest BCUT2D eigenvalue weighted by Crippen LogP contribution is -1.96. The summed E-state index contributed by atoms with van der Waals surface area (Å²) in [6, 6.07) is 21.9. The van der Waals surface area contributed by atoms with Crippen LogP contribution in [0.3, 0.4) is 0 Å². The van der Waals surface area contributed by atoms with E-state index in [1.165, 1.54) is 4.90 Å². The van der Waals surface area contributed by atoms with Gasteiger partial charge in [0.25, 0.3) is 0 Å². The number of nitrogens with zero attached hydrogens (tertiary/aromatic N) is 3. The minimum atomic E-state index is 0.0331. The van der Waals surface area contributed by atoms with Crippen molar-refractivity contribution in [3.8, 4) is 11.3 Å². The molecule has 2 N–H and O–H groups in total. The number of aliphatic hydroxyl groups is 1. The molecule has 0 aliphatic rings. The van der Waals surface area contributed by atoms with E-state index in [9.17, 15) is 0 Å². The monoisotopic (exact) mass is 362 g/mol. The summed E-state index contributed by atoms with van der Waals surface area (Å²) < 4.78 is 1.85. The van der Waals surface area contributed by atoms with E-state index in [0.717, 1.165) is 28.2 Å². The van der Waals surface area contributed by atoms with Crippen molar-refractivity contribution in [2.24, 2.45) is 0 Å².